The summed E-state index contributed by atoms with van der Waals surface area (Å²) in [7, 11) is 0. The number of rotatable bonds is 5. The van der Waals surface area contributed by atoms with Crippen LogP contribution in [0, 0.1) is 6.92 Å². The van der Waals surface area contributed by atoms with Crippen molar-refractivity contribution in [3.8, 4) is 56.2 Å². The molecule has 2 nitrogen and oxygen atoms in total. The third kappa shape index (κ3) is 5.17. The second-order valence-electron chi connectivity index (χ2n) is 11.5. The lowest BCUT2D eigenvalue weighted by Crippen LogP contribution is -1.96. The second kappa shape index (κ2) is 11.3. The average Bonchev–Trinajstić information content (AvgIpc) is 3.12. The van der Waals surface area contributed by atoms with E-state index < -0.39 is 0 Å². The molecule has 0 aliphatic rings. The molecule has 45 heavy (non-hydrogen) atoms. The summed E-state index contributed by atoms with van der Waals surface area (Å²) in [6, 6.07) is 58.0. The first-order valence-corrected chi connectivity index (χ1v) is 15.3. The Morgan fingerprint density at radius 2 is 0.844 bits per heavy atom. The maximum Gasteiger partial charge on any atom is 0.160 e. The summed E-state index contributed by atoms with van der Waals surface area (Å²) in [6.45, 7) is 2.11. The molecule has 0 bridgehead atoms. The van der Waals surface area contributed by atoms with Gasteiger partial charge in [-0.15, -0.1) is 0 Å². The largest absolute Gasteiger partial charge is 0.228 e. The molecule has 0 atom stereocenters. The molecule has 0 saturated carbocycles. The summed E-state index contributed by atoms with van der Waals surface area (Å²) in [4.78, 5) is 10.2. The zero-order valence-corrected chi connectivity index (χ0v) is 25.0. The fraction of sp³-hybridized carbons (Fsp3) is 0.0233. The van der Waals surface area contributed by atoms with Crippen molar-refractivity contribution >= 4 is 21.5 Å². The van der Waals surface area contributed by atoms with Crippen LogP contribution in [0.25, 0.3) is 77.7 Å². The van der Waals surface area contributed by atoms with Gasteiger partial charge in [-0.1, -0.05) is 157 Å². The molecular formula is C43H30N2. The average molecular weight is 575 g/mol. The summed E-state index contributed by atoms with van der Waals surface area (Å²) < 4.78 is 0. The molecule has 0 aliphatic carbocycles. The van der Waals surface area contributed by atoms with Crippen molar-refractivity contribution in [2.45, 2.75) is 6.92 Å². The van der Waals surface area contributed by atoms with Crippen molar-refractivity contribution < 1.29 is 0 Å². The number of benzene rings is 7. The number of nitrogens with zero attached hydrogens (tertiary/aromatic N) is 2. The van der Waals surface area contributed by atoms with Gasteiger partial charge < -0.3 is 0 Å². The van der Waals surface area contributed by atoms with E-state index in [2.05, 4.69) is 165 Å². The Bertz CT molecular complexity index is 2280. The van der Waals surface area contributed by atoms with E-state index in [0.29, 0.717) is 5.82 Å². The smallest absolute Gasteiger partial charge is 0.160 e. The molecule has 0 spiro atoms. The van der Waals surface area contributed by atoms with Crippen LogP contribution in [0.4, 0.5) is 0 Å². The fourth-order valence-electron chi connectivity index (χ4n) is 6.15. The molecule has 0 unspecified atom stereocenters. The van der Waals surface area contributed by atoms with Crippen LogP contribution in [0.15, 0.2) is 164 Å². The first kappa shape index (κ1) is 26.7. The van der Waals surface area contributed by atoms with Crippen molar-refractivity contribution in [3.63, 3.8) is 0 Å². The quantitative estimate of drug-likeness (QED) is 0.191. The molecule has 8 aromatic rings. The van der Waals surface area contributed by atoms with Gasteiger partial charge in [0.1, 0.15) is 0 Å². The number of aromatic nitrogens is 2. The molecule has 0 N–H and O–H groups in total. The summed E-state index contributed by atoms with van der Waals surface area (Å²) >= 11 is 0. The topological polar surface area (TPSA) is 25.8 Å². The van der Waals surface area contributed by atoms with Gasteiger partial charge in [-0.3, -0.25) is 0 Å². The van der Waals surface area contributed by atoms with Crippen molar-refractivity contribution in [1.29, 1.82) is 0 Å². The Morgan fingerprint density at radius 1 is 0.356 bits per heavy atom. The molecule has 0 radical (unpaired) electrons. The molecule has 1 aromatic heterocycles. The molecule has 0 fully saturated rings. The van der Waals surface area contributed by atoms with Gasteiger partial charge in [-0.05, 0) is 62.9 Å². The molecule has 8 rings (SSSR count). The van der Waals surface area contributed by atoms with Crippen molar-refractivity contribution in [3.05, 3.63) is 169 Å². The van der Waals surface area contributed by atoms with Crippen molar-refractivity contribution in [1.82, 2.24) is 9.97 Å². The van der Waals surface area contributed by atoms with Crippen LogP contribution in [0.3, 0.4) is 0 Å². The first-order valence-electron chi connectivity index (χ1n) is 15.3. The van der Waals surface area contributed by atoms with Crippen LogP contribution >= 0.6 is 0 Å². The molecule has 0 aliphatic heterocycles. The summed E-state index contributed by atoms with van der Waals surface area (Å²) in [5.41, 5.74) is 10.9. The summed E-state index contributed by atoms with van der Waals surface area (Å²) in [6.07, 6.45) is 0. The normalized spacial score (nSPS) is 11.2. The highest BCUT2D eigenvalue weighted by molar-refractivity contribution is 6.13. The standard InChI is InChI=1S/C43H30N2/c1-29-15-17-33(18-16-29)41-28-42(34-23-19-31(20-24-34)30-9-3-2-4-10-30)45-43(44-41)35-25-21-32(22-26-35)40-27-36-11-5-6-12-37(36)38-13-7-8-14-39(38)40/h2-28H,1H3. The Morgan fingerprint density at radius 3 is 1.53 bits per heavy atom. The Balaban J connectivity index is 1.22. The van der Waals surface area contributed by atoms with Crippen LogP contribution < -0.4 is 0 Å². The zero-order chi connectivity index (χ0) is 30.2. The highest BCUT2D eigenvalue weighted by atomic mass is 14.9. The highest BCUT2D eigenvalue weighted by Gasteiger charge is 2.13. The lowest BCUT2D eigenvalue weighted by Gasteiger charge is -2.12. The number of hydrogen-bond donors (Lipinski definition) is 0. The van der Waals surface area contributed by atoms with Gasteiger partial charge in [-0.2, -0.15) is 0 Å². The van der Waals surface area contributed by atoms with Gasteiger partial charge in [0.2, 0.25) is 0 Å². The van der Waals surface area contributed by atoms with E-state index in [9.17, 15) is 0 Å². The van der Waals surface area contributed by atoms with Crippen LogP contribution in [-0.4, -0.2) is 9.97 Å². The maximum absolute atomic E-state index is 5.10. The van der Waals surface area contributed by atoms with E-state index >= 15 is 0 Å². The maximum atomic E-state index is 5.10. The lowest BCUT2D eigenvalue weighted by atomic mass is 9.93. The van der Waals surface area contributed by atoms with Gasteiger partial charge >= 0.3 is 0 Å². The third-order valence-corrected chi connectivity index (χ3v) is 8.58. The number of aryl methyl sites for hydroxylation is 1. The fourth-order valence-corrected chi connectivity index (χ4v) is 6.15. The van der Waals surface area contributed by atoms with Crippen molar-refractivity contribution in [2.75, 3.05) is 0 Å². The van der Waals surface area contributed by atoms with Crippen LogP contribution in [0.1, 0.15) is 5.56 Å². The Kier molecular flexibility index (Phi) is 6.73. The molecule has 212 valence electrons. The molecular weight excluding hydrogens is 544 g/mol. The minimum Gasteiger partial charge on any atom is -0.228 e. The Labute approximate surface area is 263 Å². The van der Waals surface area contributed by atoms with Gasteiger partial charge in [0.25, 0.3) is 0 Å². The Hall–Kier alpha value is -5.86. The molecule has 0 amide bonds. The molecule has 2 heteroatoms. The van der Waals surface area contributed by atoms with E-state index in [4.69, 9.17) is 9.97 Å². The molecule has 7 aromatic carbocycles. The predicted octanol–water partition coefficient (Wildman–Crippen LogP) is 11.4. The van der Waals surface area contributed by atoms with Crippen molar-refractivity contribution in [2.24, 2.45) is 0 Å². The highest BCUT2D eigenvalue weighted by Crippen LogP contribution is 2.36. The summed E-state index contributed by atoms with van der Waals surface area (Å²) in [5.74, 6) is 0.713. The van der Waals surface area contributed by atoms with Gasteiger partial charge in [0.05, 0.1) is 11.4 Å². The summed E-state index contributed by atoms with van der Waals surface area (Å²) in [5, 5.41) is 5.04. The third-order valence-electron chi connectivity index (χ3n) is 8.58. The van der Waals surface area contributed by atoms with E-state index in [0.717, 1.165) is 28.1 Å². The van der Waals surface area contributed by atoms with Crippen LogP contribution in [0.2, 0.25) is 0 Å². The van der Waals surface area contributed by atoms with Gasteiger partial charge in [0.15, 0.2) is 5.82 Å². The van der Waals surface area contributed by atoms with E-state index in [1.165, 1.54) is 49.4 Å². The zero-order valence-electron chi connectivity index (χ0n) is 25.0. The monoisotopic (exact) mass is 574 g/mol. The first-order chi connectivity index (χ1) is 22.2. The van der Waals surface area contributed by atoms with E-state index in [1.807, 2.05) is 6.07 Å². The minimum atomic E-state index is 0.713. The molecule has 0 saturated heterocycles. The molecule has 1 heterocycles. The number of hydrogen-bond acceptors (Lipinski definition) is 2. The van der Waals surface area contributed by atoms with Crippen LogP contribution in [0.5, 0.6) is 0 Å². The van der Waals surface area contributed by atoms with E-state index in [-0.39, 0.29) is 0 Å². The lowest BCUT2D eigenvalue weighted by molar-refractivity contribution is 1.18. The van der Waals surface area contributed by atoms with Gasteiger partial charge in [0, 0.05) is 16.7 Å². The predicted molar refractivity (Wildman–Crippen MR) is 189 cm³/mol. The van der Waals surface area contributed by atoms with Gasteiger partial charge in [-0.25, -0.2) is 9.97 Å². The second-order valence-corrected chi connectivity index (χ2v) is 11.5. The number of fused-ring (bicyclic) bond motifs is 3. The SMILES string of the molecule is Cc1ccc(-c2cc(-c3ccc(-c4ccccc4)cc3)nc(-c3ccc(-c4cc5ccccc5c5ccccc45)cc3)n2)cc1. The van der Waals surface area contributed by atoms with E-state index in [1.54, 1.807) is 0 Å². The minimum absolute atomic E-state index is 0.713. The van der Waals surface area contributed by atoms with Crippen LogP contribution in [-0.2, 0) is 0 Å².